The van der Waals surface area contributed by atoms with Gasteiger partial charge in [-0.05, 0) is 23.6 Å². The standard InChI is InChI=1S/C16H19NO3S2/c1-2-22(18,19)16-8-4-3-6-13(16)17-9-10-20-14(12-17)15-7-5-11-21-15/h3-8,11,14H,2,9-10,12H2,1H3. The van der Waals surface area contributed by atoms with Gasteiger partial charge >= 0.3 is 0 Å². The van der Waals surface area contributed by atoms with E-state index < -0.39 is 9.84 Å². The molecule has 1 aromatic heterocycles. The van der Waals surface area contributed by atoms with Gasteiger partial charge in [0.2, 0.25) is 0 Å². The van der Waals surface area contributed by atoms with Crippen LogP contribution in [0.4, 0.5) is 5.69 Å². The highest BCUT2D eigenvalue weighted by atomic mass is 32.2. The Morgan fingerprint density at radius 1 is 1.27 bits per heavy atom. The van der Waals surface area contributed by atoms with Crippen molar-refractivity contribution in [2.75, 3.05) is 30.3 Å². The summed E-state index contributed by atoms with van der Waals surface area (Å²) in [6.45, 7) is 3.66. The number of thiophene rings is 1. The van der Waals surface area contributed by atoms with Crippen molar-refractivity contribution in [3.63, 3.8) is 0 Å². The molecule has 3 rings (SSSR count). The van der Waals surface area contributed by atoms with Gasteiger partial charge in [0.15, 0.2) is 9.84 Å². The van der Waals surface area contributed by atoms with Gasteiger partial charge in [0.05, 0.1) is 22.9 Å². The molecule has 2 aromatic rings. The molecule has 22 heavy (non-hydrogen) atoms. The van der Waals surface area contributed by atoms with Crippen molar-refractivity contribution in [3.8, 4) is 0 Å². The minimum absolute atomic E-state index is 0.00568. The number of anilines is 1. The molecule has 1 atom stereocenters. The van der Waals surface area contributed by atoms with Gasteiger partial charge in [0.25, 0.3) is 0 Å². The number of hydrogen-bond donors (Lipinski definition) is 0. The minimum Gasteiger partial charge on any atom is -0.369 e. The molecule has 0 N–H and O–H groups in total. The Labute approximate surface area is 135 Å². The van der Waals surface area contributed by atoms with Crippen LogP contribution in [0.2, 0.25) is 0 Å². The van der Waals surface area contributed by atoms with Crippen molar-refractivity contribution >= 4 is 26.9 Å². The zero-order chi connectivity index (χ0) is 15.6. The number of ether oxygens (including phenoxy) is 1. The highest BCUT2D eigenvalue weighted by molar-refractivity contribution is 7.91. The van der Waals surface area contributed by atoms with Gasteiger partial charge in [-0.1, -0.05) is 25.1 Å². The Hall–Kier alpha value is -1.37. The SMILES string of the molecule is CCS(=O)(=O)c1ccccc1N1CCOC(c2cccs2)C1. The lowest BCUT2D eigenvalue weighted by molar-refractivity contribution is 0.0419. The molecule has 118 valence electrons. The van der Waals surface area contributed by atoms with Gasteiger partial charge in [-0.3, -0.25) is 0 Å². The van der Waals surface area contributed by atoms with Crippen LogP contribution in [0.25, 0.3) is 0 Å². The van der Waals surface area contributed by atoms with E-state index in [4.69, 9.17) is 4.74 Å². The van der Waals surface area contributed by atoms with E-state index in [1.54, 1.807) is 30.4 Å². The molecule has 0 aliphatic carbocycles. The van der Waals surface area contributed by atoms with Crippen LogP contribution in [0.3, 0.4) is 0 Å². The van der Waals surface area contributed by atoms with Crippen LogP contribution in [-0.4, -0.2) is 33.9 Å². The van der Waals surface area contributed by atoms with Crippen molar-refractivity contribution in [2.24, 2.45) is 0 Å². The smallest absolute Gasteiger partial charge is 0.180 e. The zero-order valence-corrected chi connectivity index (χ0v) is 14.1. The summed E-state index contributed by atoms with van der Waals surface area (Å²) in [7, 11) is -3.23. The maximum absolute atomic E-state index is 12.3. The average Bonchev–Trinajstić information content (AvgIpc) is 3.09. The van der Waals surface area contributed by atoms with Gasteiger partial charge < -0.3 is 9.64 Å². The Balaban J connectivity index is 1.91. The number of benzene rings is 1. The number of para-hydroxylation sites is 1. The van der Waals surface area contributed by atoms with E-state index in [9.17, 15) is 8.42 Å². The number of nitrogens with zero attached hydrogens (tertiary/aromatic N) is 1. The van der Waals surface area contributed by atoms with Crippen LogP contribution in [0.1, 0.15) is 17.9 Å². The van der Waals surface area contributed by atoms with Crippen LogP contribution in [0.15, 0.2) is 46.7 Å². The van der Waals surface area contributed by atoms with E-state index in [1.807, 2.05) is 23.6 Å². The summed E-state index contributed by atoms with van der Waals surface area (Å²) in [5, 5.41) is 2.03. The van der Waals surface area contributed by atoms with Crippen molar-refractivity contribution in [1.29, 1.82) is 0 Å². The fraction of sp³-hybridized carbons (Fsp3) is 0.375. The van der Waals surface area contributed by atoms with Gasteiger partial charge in [-0.25, -0.2) is 8.42 Å². The Morgan fingerprint density at radius 3 is 2.82 bits per heavy atom. The van der Waals surface area contributed by atoms with Gasteiger partial charge in [0.1, 0.15) is 6.10 Å². The molecule has 0 saturated carbocycles. The number of rotatable bonds is 4. The van der Waals surface area contributed by atoms with Crippen molar-refractivity contribution in [1.82, 2.24) is 0 Å². The third-order valence-electron chi connectivity index (χ3n) is 3.85. The van der Waals surface area contributed by atoms with E-state index in [0.717, 1.165) is 5.69 Å². The van der Waals surface area contributed by atoms with Gasteiger partial charge in [0, 0.05) is 18.0 Å². The lowest BCUT2D eigenvalue weighted by atomic mass is 10.2. The number of morpholine rings is 1. The third kappa shape index (κ3) is 3.04. The Bertz CT molecular complexity index is 726. The summed E-state index contributed by atoms with van der Waals surface area (Å²) >= 11 is 1.67. The third-order valence-corrected chi connectivity index (χ3v) is 6.59. The number of hydrogen-bond acceptors (Lipinski definition) is 5. The molecule has 1 aliphatic heterocycles. The molecule has 4 nitrogen and oxygen atoms in total. The van der Waals surface area contributed by atoms with Crippen LogP contribution in [-0.2, 0) is 14.6 Å². The van der Waals surface area contributed by atoms with Crippen LogP contribution in [0.5, 0.6) is 0 Å². The summed E-state index contributed by atoms with van der Waals surface area (Å²) in [5.74, 6) is 0.114. The zero-order valence-electron chi connectivity index (χ0n) is 12.4. The largest absolute Gasteiger partial charge is 0.369 e. The first-order chi connectivity index (χ1) is 10.6. The molecule has 0 spiro atoms. The summed E-state index contributed by atoms with van der Waals surface area (Å²) in [4.78, 5) is 3.72. The van der Waals surface area contributed by atoms with Crippen LogP contribution >= 0.6 is 11.3 Å². The first kappa shape index (κ1) is 15.5. The highest BCUT2D eigenvalue weighted by Crippen LogP contribution is 2.32. The second-order valence-corrected chi connectivity index (χ2v) is 8.42. The Kier molecular flexibility index (Phi) is 4.52. The quantitative estimate of drug-likeness (QED) is 0.860. The lowest BCUT2D eigenvalue weighted by Crippen LogP contribution is -2.38. The fourth-order valence-electron chi connectivity index (χ4n) is 2.65. The summed E-state index contributed by atoms with van der Waals surface area (Å²) in [6, 6.07) is 11.3. The molecule has 1 saturated heterocycles. The van der Waals surface area contributed by atoms with Crippen LogP contribution < -0.4 is 4.90 Å². The van der Waals surface area contributed by atoms with Crippen molar-refractivity contribution < 1.29 is 13.2 Å². The minimum atomic E-state index is -3.23. The predicted octanol–water partition coefficient (Wildman–Crippen LogP) is 3.12. The monoisotopic (exact) mass is 337 g/mol. The van der Waals surface area contributed by atoms with E-state index in [-0.39, 0.29) is 11.9 Å². The molecular formula is C16H19NO3S2. The van der Waals surface area contributed by atoms with Crippen molar-refractivity contribution in [2.45, 2.75) is 17.9 Å². The summed E-state index contributed by atoms with van der Waals surface area (Å²) in [6.07, 6.45) is 0.00568. The molecule has 0 radical (unpaired) electrons. The molecule has 1 fully saturated rings. The molecule has 0 bridgehead atoms. The van der Waals surface area contributed by atoms with E-state index in [2.05, 4.69) is 11.0 Å². The van der Waals surface area contributed by atoms with Crippen molar-refractivity contribution in [3.05, 3.63) is 46.7 Å². The molecule has 6 heteroatoms. The second kappa shape index (κ2) is 6.40. The molecule has 1 aromatic carbocycles. The predicted molar refractivity (Wildman–Crippen MR) is 89.4 cm³/mol. The first-order valence-corrected chi connectivity index (χ1v) is 9.87. The average molecular weight is 337 g/mol. The van der Waals surface area contributed by atoms with E-state index in [0.29, 0.717) is 24.6 Å². The summed E-state index contributed by atoms with van der Waals surface area (Å²) in [5.41, 5.74) is 0.786. The highest BCUT2D eigenvalue weighted by Gasteiger charge is 2.26. The topological polar surface area (TPSA) is 46.6 Å². The molecule has 2 heterocycles. The van der Waals surface area contributed by atoms with Gasteiger partial charge in [-0.2, -0.15) is 0 Å². The van der Waals surface area contributed by atoms with E-state index >= 15 is 0 Å². The first-order valence-electron chi connectivity index (χ1n) is 7.33. The molecule has 0 amide bonds. The fourth-order valence-corrected chi connectivity index (χ4v) is 4.53. The van der Waals surface area contributed by atoms with Crippen LogP contribution in [0, 0.1) is 0 Å². The molecule has 1 aliphatic rings. The van der Waals surface area contributed by atoms with Gasteiger partial charge in [-0.15, -0.1) is 11.3 Å². The lowest BCUT2D eigenvalue weighted by Gasteiger charge is -2.35. The maximum atomic E-state index is 12.3. The molecular weight excluding hydrogens is 318 g/mol. The normalized spacial score (nSPS) is 19.3. The Morgan fingerprint density at radius 2 is 2.09 bits per heavy atom. The maximum Gasteiger partial charge on any atom is 0.180 e. The van der Waals surface area contributed by atoms with E-state index in [1.165, 1.54) is 4.88 Å². The number of sulfone groups is 1. The molecule has 1 unspecified atom stereocenters. The second-order valence-electron chi connectivity index (χ2n) is 5.19. The summed E-state index contributed by atoms with van der Waals surface area (Å²) < 4.78 is 30.5.